The van der Waals surface area contributed by atoms with Gasteiger partial charge in [-0.05, 0) is 53.6 Å². The minimum Gasteiger partial charge on any atom is -0.460 e. The van der Waals surface area contributed by atoms with Gasteiger partial charge in [0.25, 0.3) is 5.91 Å². The first-order valence-electron chi connectivity index (χ1n) is 9.99. The Morgan fingerprint density at radius 2 is 1.77 bits per heavy atom. The van der Waals surface area contributed by atoms with Gasteiger partial charge in [0.2, 0.25) is 0 Å². The molecule has 0 aliphatic carbocycles. The average molecular weight is 404 g/mol. The number of piperazine rings is 1. The number of amides is 1. The predicted octanol–water partition coefficient (Wildman–Crippen LogP) is 4.79. The molecular weight excluding hydrogens is 383 g/mol. The summed E-state index contributed by atoms with van der Waals surface area (Å²) in [6, 6.07) is 18.0. The van der Waals surface area contributed by atoms with E-state index in [-0.39, 0.29) is 11.7 Å². The molecule has 1 fully saturated rings. The average Bonchev–Trinajstić information content (AvgIpc) is 3.43. The van der Waals surface area contributed by atoms with Gasteiger partial charge in [0, 0.05) is 31.6 Å². The molecule has 1 aliphatic rings. The molecule has 1 saturated heterocycles. The van der Waals surface area contributed by atoms with E-state index in [0.717, 1.165) is 40.9 Å². The molecule has 0 spiro atoms. The van der Waals surface area contributed by atoms with Crippen LogP contribution in [0.2, 0.25) is 0 Å². The number of halogens is 1. The maximum Gasteiger partial charge on any atom is 0.289 e. The van der Waals surface area contributed by atoms with Crippen LogP contribution in [0, 0.1) is 5.82 Å². The Kier molecular flexibility index (Phi) is 4.85. The number of hydrogen-bond acceptors (Lipinski definition) is 4. The smallest absolute Gasteiger partial charge is 0.289 e. The zero-order valence-corrected chi connectivity index (χ0v) is 16.4. The zero-order chi connectivity index (χ0) is 20.5. The quantitative estimate of drug-likeness (QED) is 0.491. The summed E-state index contributed by atoms with van der Waals surface area (Å²) >= 11 is 0. The number of hydrogen-bond donors (Lipinski definition) is 0. The van der Waals surface area contributed by atoms with Gasteiger partial charge >= 0.3 is 0 Å². The van der Waals surface area contributed by atoms with Crippen molar-refractivity contribution < 1.29 is 18.0 Å². The molecule has 2 aromatic heterocycles. The normalized spacial score (nSPS) is 15.0. The van der Waals surface area contributed by atoms with Gasteiger partial charge in [0.05, 0.1) is 12.8 Å². The molecule has 0 radical (unpaired) electrons. The van der Waals surface area contributed by atoms with Crippen LogP contribution >= 0.6 is 0 Å². The number of benzene rings is 2. The molecular formula is C24H21FN2O3. The van der Waals surface area contributed by atoms with Gasteiger partial charge < -0.3 is 13.7 Å². The Morgan fingerprint density at radius 1 is 0.933 bits per heavy atom. The van der Waals surface area contributed by atoms with Gasteiger partial charge in [0.1, 0.15) is 17.2 Å². The molecule has 1 amide bonds. The minimum atomic E-state index is -0.245. The molecule has 6 heteroatoms. The Bertz CT molecular complexity index is 1170. The summed E-state index contributed by atoms with van der Waals surface area (Å²) in [7, 11) is 0. The van der Waals surface area contributed by atoms with Crippen molar-refractivity contribution in [2.45, 2.75) is 6.54 Å². The molecule has 1 aliphatic heterocycles. The van der Waals surface area contributed by atoms with Crippen LogP contribution in [0.25, 0.3) is 22.1 Å². The Balaban J connectivity index is 1.25. The highest BCUT2D eigenvalue weighted by atomic mass is 19.1. The van der Waals surface area contributed by atoms with E-state index in [1.165, 1.54) is 18.4 Å². The second kappa shape index (κ2) is 7.80. The van der Waals surface area contributed by atoms with Crippen LogP contribution in [0.1, 0.15) is 16.3 Å². The summed E-state index contributed by atoms with van der Waals surface area (Å²) < 4.78 is 24.8. The van der Waals surface area contributed by atoms with E-state index in [2.05, 4.69) is 4.90 Å². The monoisotopic (exact) mass is 404 g/mol. The van der Waals surface area contributed by atoms with E-state index in [1.54, 1.807) is 18.2 Å². The fourth-order valence-corrected chi connectivity index (χ4v) is 3.91. The third kappa shape index (κ3) is 3.74. The summed E-state index contributed by atoms with van der Waals surface area (Å²) in [6.07, 6.45) is 1.52. The number of rotatable bonds is 4. The molecule has 0 N–H and O–H groups in total. The SMILES string of the molecule is O=C(c1ccco1)N1CCN(Cc2cc3cc(-c4cccc(F)c4)ccc3o2)CC1. The topological polar surface area (TPSA) is 49.8 Å². The fraction of sp³-hybridized carbons (Fsp3) is 0.208. The molecule has 5 nitrogen and oxygen atoms in total. The third-order valence-electron chi connectivity index (χ3n) is 5.50. The lowest BCUT2D eigenvalue weighted by Crippen LogP contribution is -2.48. The molecule has 4 aromatic rings. The summed E-state index contributed by atoms with van der Waals surface area (Å²) in [4.78, 5) is 16.5. The first kappa shape index (κ1) is 18.6. The Labute approximate surface area is 173 Å². The van der Waals surface area contributed by atoms with E-state index >= 15 is 0 Å². The van der Waals surface area contributed by atoms with Gasteiger partial charge in [0.15, 0.2) is 5.76 Å². The van der Waals surface area contributed by atoms with Crippen LogP contribution in [-0.2, 0) is 6.54 Å². The Morgan fingerprint density at radius 3 is 2.53 bits per heavy atom. The lowest BCUT2D eigenvalue weighted by Gasteiger charge is -2.33. The van der Waals surface area contributed by atoms with Gasteiger partial charge in [-0.15, -0.1) is 0 Å². The van der Waals surface area contributed by atoms with Crippen molar-refractivity contribution >= 4 is 16.9 Å². The summed E-state index contributed by atoms with van der Waals surface area (Å²) in [5.41, 5.74) is 2.62. The van der Waals surface area contributed by atoms with E-state index in [9.17, 15) is 9.18 Å². The zero-order valence-electron chi connectivity index (χ0n) is 16.4. The van der Waals surface area contributed by atoms with Crippen molar-refractivity contribution in [2.75, 3.05) is 26.2 Å². The second-order valence-corrected chi connectivity index (χ2v) is 7.52. The largest absolute Gasteiger partial charge is 0.460 e. The van der Waals surface area contributed by atoms with Gasteiger partial charge in [-0.2, -0.15) is 0 Å². The molecule has 0 saturated carbocycles. The third-order valence-corrected chi connectivity index (χ3v) is 5.50. The number of carbonyl (C=O) groups is 1. The van der Waals surface area contributed by atoms with Crippen molar-refractivity contribution in [1.29, 1.82) is 0 Å². The lowest BCUT2D eigenvalue weighted by molar-refractivity contribution is 0.0590. The summed E-state index contributed by atoms with van der Waals surface area (Å²) in [5, 5.41) is 0.999. The van der Waals surface area contributed by atoms with Crippen LogP contribution in [-0.4, -0.2) is 41.9 Å². The first-order valence-corrected chi connectivity index (χ1v) is 9.99. The second-order valence-electron chi connectivity index (χ2n) is 7.52. The molecule has 5 rings (SSSR count). The highest BCUT2D eigenvalue weighted by Gasteiger charge is 2.24. The van der Waals surface area contributed by atoms with Crippen molar-refractivity contribution in [3.63, 3.8) is 0 Å². The van der Waals surface area contributed by atoms with Crippen LogP contribution in [0.4, 0.5) is 4.39 Å². The van der Waals surface area contributed by atoms with Crippen LogP contribution < -0.4 is 0 Å². The van der Waals surface area contributed by atoms with Crippen LogP contribution in [0.15, 0.2) is 75.8 Å². The molecule has 152 valence electrons. The van der Waals surface area contributed by atoms with Gasteiger partial charge in [-0.1, -0.05) is 18.2 Å². The summed E-state index contributed by atoms with van der Waals surface area (Å²) in [6.45, 7) is 3.55. The molecule has 0 unspecified atom stereocenters. The van der Waals surface area contributed by atoms with Crippen molar-refractivity contribution in [3.05, 3.63) is 84.3 Å². The minimum absolute atomic E-state index is 0.0618. The highest BCUT2D eigenvalue weighted by molar-refractivity contribution is 5.91. The predicted molar refractivity (Wildman–Crippen MR) is 111 cm³/mol. The van der Waals surface area contributed by atoms with E-state index in [1.807, 2.05) is 35.2 Å². The van der Waals surface area contributed by atoms with Crippen molar-refractivity contribution in [1.82, 2.24) is 9.80 Å². The van der Waals surface area contributed by atoms with E-state index < -0.39 is 0 Å². The van der Waals surface area contributed by atoms with Crippen LogP contribution in [0.5, 0.6) is 0 Å². The van der Waals surface area contributed by atoms with Gasteiger partial charge in [-0.3, -0.25) is 9.69 Å². The maximum atomic E-state index is 13.5. The number of furan rings is 2. The van der Waals surface area contributed by atoms with Gasteiger partial charge in [-0.25, -0.2) is 4.39 Å². The van der Waals surface area contributed by atoms with Crippen molar-refractivity contribution in [2.24, 2.45) is 0 Å². The summed E-state index contributed by atoms with van der Waals surface area (Å²) in [5.74, 6) is 0.959. The number of fused-ring (bicyclic) bond motifs is 1. The van der Waals surface area contributed by atoms with Crippen molar-refractivity contribution in [3.8, 4) is 11.1 Å². The highest BCUT2D eigenvalue weighted by Crippen LogP contribution is 2.28. The molecule has 2 aromatic carbocycles. The molecule has 0 atom stereocenters. The fourth-order valence-electron chi connectivity index (χ4n) is 3.91. The molecule has 0 bridgehead atoms. The number of nitrogens with zero attached hydrogens (tertiary/aromatic N) is 2. The Hall–Kier alpha value is -3.38. The number of carbonyl (C=O) groups excluding carboxylic acids is 1. The van der Waals surface area contributed by atoms with E-state index in [0.29, 0.717) is 25.4 Å². The molecule has 30 heavy (non-hydrogen) atoms. The standard InChI is InChI=1S/C24H21FN2O3/c25-20-4-1-3-17(14-20)18-6-7-22-19(13-18)15-21(30-22)16-26-8-10-27(11-9-26)24(28)23-5-2-12-29-23/h1-7,12-15H,8-11,16H2. The van der Waals surface area contributed by atoms with Crippen LogP contribution in [0.3, 0.4) is 0 Å². The molecule has 3 heterocycles. The maximum absolute atomic E-state index is 13.5. The first-order chi connectivity index (χ1) is 14.7. The van der Waals surface area contributed by atoms with E-state index in [4.69, 9.17) is 8.83 Å². The lowest BCUT2D eigenvalue weighted by atomic mass is 10.0.